The van der Waals surface area contributed by atoms with Gasteiger partial charge in [0.2, 0.25) is 11.8 Å². The van der Waals surface area contributed by atoms with E-state index in [0.29, 0.717) is 61.0 Å². The van der Waals surface area contributed by atoms with Crippen LogP contribution in [-0.4, -0.2) is 101 Å². The van der Waals surface area contributed by atoms with Gasteiger partial charge in [-0.25, -0.2) is 16.8 Å². The molecule has 4 aromatic carbocycles. The van der Waals surface area contributed by atoms with Crippen molar-refractivity contribution in [3.63, 3.8) is 0 Å². The number of amides is 2. The number of nitrogens with one attached hydrogen (secondary N) is 2. The van der Waals surface area contributed by atoms with Gasteiger partial charge in [0.1, 0.15) is 0 Å². The Hall–Kier alpha value is -3.80. The monoisotopic (exact) mass is 1180 g/mol. The van der Waals surface area contributed by atoms with Gasteiger partial charge in [-0.1, -0.05) is 110 Å². The van der Waals surface area contributed by atoms with Crippen molar-refractivity contribution < 1.29 is 36.6 Å². The van der Waals surface area contributed by atoms with Gasteiger partial charge < -0.3 is 30.6 Å². The molecule has 6 rings (SSSR count). The molecule has 0 unspecified atom stereocenters. The Balaban J connectivity index is 0.000000274. The van der Waals surface area contributed by atoms with Crippen LogP contribution in [0.25, 0.3) is 0 Å². The number of halogens is 2. The molecule has 408 valence electrons. The Morgan fingerprint density at radius 1 is 0.568 bits per heavy atom. The van der Waals surface area contributed by atoms with E-state index in [1.54, 1.807) is 12.1 Å². The van der Waals surface area contributed by atoms with E-state index in [4.69, 9.17) is 0 Å². The highest BCUT2D eigenvalue weighted by molar-refractivity contribution is 9.09. The third-order valence-electron chi connectivity index (χ3n) is 15.3. The second kappa shape index (κ2) is 27.5. The Bertz CT molecular complexity index is 2550. The molecule has 12 nitrogen and oxygen atoms in total. The molecule has 0 spiro atoms. The van der Waals surface area contributed by atoms with E-state index in [1.165, 1.54) is 0 Å². The molecule has 0 saturated carbocycles. The highest BCUT2D eigenvalue weighted by atomic mass is 79.9. The molecule has 0 bridgehead atoms. The summed E-state index contributed by atoms with van der Waals surface area (Å²) in [5.74, 6) is -1.35. The van der Waals surface area contributed by atoms with Crippen LogP contribution < -0.4 is 20.4 Å². The van der Waals surface area contributed by atoms with Gasteiger partial charge in [-0.3, -0.25) is 9.59 Å². The van der Waals surface area contributed by atoms with Crippen molar-refractivity contribution in [2.75, 3.05) is 70.8 Å². The fourth-order valence-corrected chi connectivity index (χ4v) is 16.1. The number of hydrogen-bond donors (Lipinski definition) is 4. The molecule has 6 atom stereocenters. The molecule has 74 heavy (non-hydrogen) atoms. The number of sulfone groups is 2. The maximum Gasteiger partial charge on any atom is 0.224 e. The molecular weight excluding hydrogens is 1100 g/mol. The fourth-order valence-electron chi connectivity index (χ4n) is 10.8. The number of carbonyl (C=O) groups excluding carboxylic acids is 2. The normalized spacial score (nSPS) is 22.6. The smallest absolute Gasteiger partial charge is 0.224 e. The number of unbranched alkanes of at least 4 members (excludes halogenated alkanes) is 4. The lowest BCUT2D eigenvalue weighted by Gasteiger charge is -2.39. The van der Waals surface area contributed by atoms with E-state index < -0.39 is 54.5 Å². The molecule has 2 aliphatic rings. The number of alkyl halides is 2. The van der Waals surface area contributed by atoms with E-state index in [1.807, 2.05) is 125 Å². The summed E-state index contributed by atoms with van der Waals surface area (Å²) in [6.07, 6.45) is 8.45. The Labute approximate surface area is 460 Å². The summed E-state index contributed by atoms with van der Waals surface area (Å²) in [7, 11) is 0.395. The van der Waals surface area contributed by atoms with Gasteiger partial charge in [-0.15, -0.1) is 0 Å². The lowest BCUT2D eigenvalue weighted by atomic mass is 9.69. The van der Waals surface area contributed by atoms with E-state index in [9.17, 15) is 36.6 Å². The van der Waals surface area contributed by atoms with Crippen LogP contribution in [0, 0.1) is 10.8 Å². The third-order valence-corrected chi connectivity index (χ3v) is 20.4. The number of benzene rings is 4. The van der Waals surface area contributed by atoms with Crippen molar-refractivity contribution in [3.05, 3.63) is 107 Å². The number of nitrogens with zero attached hydrogens (tertiary/aromatic N) is 2. The molecule has 0 radical (unpaired) electrons. The lowest BCUT2D eigenvalue weighted by Crippen LogP contribution is -2.42. The van der Waals surface area contributed by atoms with Crippen molar-refractivity contribution >= 4 is 86.1 Å². The summed E-state index contributed by atoms with van der Waals surface area (Å²) in [5, 5.41) is 31.9. The molecule has 2 aliphatic heterocycles. The summed E-state index contributed by atoms with van der Waals surface area (Å²) >= 11 is 6.79. The van der Waals surface area contributed by atoms with Crippen LogP contribution in [0.4, 0.5) is 22.7 Å². The summed E-state index contributed by atoms with van der Waals surface area (Å²) < 4.78 is 55.1. The Kier molecular flexibility index (Phi) is 22.7. The van der Waals surface area contributed by atoms with E-state index >= 15 is 0 Å². The van der Waals surface area contributed by atoms with Gasteiger partial charge in [0.25, 0.3) is 0 Å². The van der Waals surface area contributed by atoms with Crippen molar-refractivity contribution in [1.29, 1.82) is 0 Å². The van der Waals surface area contributed by atoms with Crippen LogP contribution in [0.5, 0.6) is 0 Å². The van der Waals surface area contributed by atoms with E-state index in [0.717, 1.165) is 84.5 Å². The number of carbonyl (C=O) groups is 2. The average molecular weight is 1190 g/mol. The molecule has 2 heterocycles. The zero-order chi connectivity index (χ0) is 54.4. The van der Waals surface area contributed by atoms with Crippen LogP contribution in [-0.2, 0) is 29.3 Å². The maximum atomic E-state index is 13.8. The summed E-state index contributed by atoms with van der Waals surface area (Å²) in [6.45, 7) is 8.13. The van der Waals surface area contributed by atoms with Crippen LogP contribution >= 0.6 is 31.9 Å². The molecule has 0 fully saturated rings. The van der Waals surface area contributed by atoms with Gasteiger partial charge in [-0.05, 0) is 134 Å². The summed E-state index contributed by atoms with van der Waals surface area (Å²) in [6, 6.07) is 25.9. The predicted molar refractivity (Wildman–Crippen MR) is 311 cm³/mol. The zero-order valence-corrected chi connectivity index (χ0v) is 49.7. The van der Waals surface area contributed by atoms with Gasteiger partial charge in [0.15, 0.2) is 19.7 Å². The number of aliphatic hydroxyl groups is 2. The summed E-state index contributed by atoms with van der Waals surface area (Å²) in [4.78, 5) is 29.5. The van der Waals surface area contributed by atoms with Gasteiger partial charge >= 0.3 is 0 Å². The highest BCUT2D eigenvalue weighted by Gasteiger charge is 2.50. The van der Waals surface area contributed by atoms with Crippen molar-refractivity contribution in [2.24, 2.45) is 10.8 Å². The number of aliphatic hydroxyl groups excluding tert-OH is 2. The Morgan fingerprint density at radius 2 is 0.946 bits per heavy atom. The SMILES string of the molecule is CCCC[C@@]1(CC)CS(=O)(=O)c2ccc(N(C)C)cc2[C@H](c2cccc(NC(=O)CCCCBr)c2)[C@@H]1O.CCCC[C@]1(CC)CS(=O)(=O)c2ccc(N(C)C)cc2[C@@H](c2cccc(NC(=O)CCCCBr)c2)[C@H]1O. The van der Waals surface area contributed by atoms with E-state index in [-0.39, 0.29) is 33.1 Å². The largest absolute Gasteiger partial charge is 0.392 e. The quantitative estimate of drug-likeness (QED) is 0.0438. The second-order valence-electron chi connectivity index (χ2n) is 20.9. The van der Waals surface area contributed by atoms with Crippen molar-refractivity contribution in [1.82, 2.24) is 0 Å². The van der Waals surface area contributed by atoms with Crippen LogP contribution in [0.15, 0.2) is 94.7 Å². The minimum atomic E-state index is -3.64. The molecule has 4 N–H and O–H groups in total. The van der Waals surface area contributed by atoms with Gasteiger partial charge in [-0.2, -0.15) is 0 Å². The van der Waals surface area contributed by atoms with Crippen LogP contribution in [0.3, 0.4) is 0 Å². The molecule has 0 aromatic heterocycles. The second-order valence-corrected chi connectivity index (χ2v) is 26.4. The topological polar surface area (TPSA) is 173 Å². The first-order valence-electron chi connectivity index (χ1n) is 26.5. The number of rotatable bonds is 22. The first-order chi connectivity index (χ1) is 35.2. The van der Waals surface area contributed by atoms with Crippen molar-refractivity contribution in [2.45, 2.75) is 151 Å². The van der Waals surface area contributed by atoms with Crippen LogP contribution in [0.1, 0.15) is 152 Å². The molecule has 0 saturated heterocycles. The average Bonchev–Trinajstić information content (AvgIpc) is 3.49. The fraction of sp³-hybridized carbons (Fsp3) is 0.552. The first-order valence-corrected chi connectivity index (χ1v) is 32.1. The molecule has 4 aromatic rings. The minimum absolute atomic E-state index is 0.0526. The predicted octanol–water partition coefficient (Wildman–Crippen LogP) is 12.2. The van der Waals surface area contributed by atoms with Gasteiger partial charge in [0.05, 0.1) is 33.5 Å². The number of anilines is 4. The number of fused-ring (bicyclic) bond motifs is 2. The highest BCUT2D eigenvalue weighted by Crippen LogP contribution is 2.51. The van der Waals surface area contributed by atoms with Gasteiger partial charge in [0, 0.05) is 97.1 Å². The Morgan fingerprint density at radius 3 is 1.27 bits per heavy atom. The summed E-state index contributed by atoms with van der Waals surface area (Å²) in [5.41, 5.74) is 4.35. The molecular formula is C58H82Br2N4O8S2. The zero-order valence-electron chi connectivity index (χ0n) is 44.9. The molecule has 16 heteroatoms. The maximum absolute atomic E-state index is 13.8. The number of hydrogen-bond acceptors (Lipinski definition) is 10. The standard InChI is InChI=1S/2C29H41BrN2O4S/c2*1-5-7-16-29(6-2)20-37(35,36)25-15-14-23(32(3)4)19-24(25)27(28(29)34)21-11-10-12-22(18-21)31-26(33)13-8-9-17-30/h2*10-12,14-15,18-19,27-28,34H,5-9,13,16-17,20H2,1-4H3,(H,31,33)/t2*27-,28-,29-/m10/s1. The lowest BCUT2D eigenvalue weighted by molar-refractivity contribution is -0.117. The molecule has 2 amide bonds. The third kappa shape index (κ3) is 14.8. The first kappa shape index (κ1) is 61.1. The molecule has 0 aliphatic carbocycles. The van der Waals surface area contributed by atoms with Crippen molar-refractivity contribution in [3.8, 4) is 0 Å². The van der Waals surface area contributed by atoms with Crippen LogP contribution in [0.2, 0.25) is 0 Å². The van der Waals surface area contributed by atoms with E-state index in [2.05, 4.69) is 56.3 Å². The minimum Gasteiger partial charge on any atom is -0.392 e.